The Labute approximate surface area is 309 Å². The van der Waals surface area contributed by atoms with Gasteiger partial charge in [0.25, 0.3) is 0 Å². The SMILES string of the molecule is C=C/C=C\c1sc2c3ccccc3c3c4ccc5ccccc5c4n(-c4nc(-c5cccc6ccccc56)c5ccc6ccccc6c5n4)c3c2c1C. The lowest BCUT2D eigenvalue weighted by atomic mass is 9.97. The summed E-state index contributed by atoms with van der Waals surface area (Å²) in [7, 11) is 0. The van der Waals surface area contributed by atoms with Crippen LogP contribution in [0.1, 0.15) is 10.4 Å². The molecule has 0 amide bonds. The maximum absolute atomic E-state index is 5.68. The van der Waals surface area contributed by atoms with Crippen molar-refractivity contribution in [3.63, 3.8) is 0 Å². The lowest BCUT2D eigenvalue weighted by Gasteiger charge is -2.15. The maximum Gasteiger partial charge on any atom is 0.235 e. The number of nitrogens with zero attached hydrogens (tertiary/aromatic N) is 3. The highest BCUT2D eigenvalue weighted by Crippen LogP contribution is 2.48. The quantitative estimate of drug-likeness (QED) is 0.136. The van der Waals surface area contributed by atoms with Gasteiger partial charge in [0.1, 0.15) is 0 Å². The van der Waals surface area contributed by atoms with Gasteiger partial charge in [-0.15, -0.1) is 11.3 Å². The summed E-state index contributed by atoms with van der Waals surface area (Å²) in [5, 5.41) is 14.2. The first-order valence-electron chi connectivity index (χ1n) is 18.0. The predicted octanol–water partition coefficient (Wildman–Crippen LogP) is 13.7. The highest BCUT2D eigenvalue weighted by molar-refractivity contribution is 7.21. The molecule has 11 rings (SSSR count). The largest absolute Gasteiger partial charge is 0.277 e. The Balaban J connectivity index is 1.42. The van der Waals surface area contributed by atoms with Crippen molar-refractivity contribution in [2.75, 3.05) is 0 Å². The highest BCUT2D eigenvalue weighted by atomic mass is 32.1. The Morgan fingerprint density at radius 2 is 1.17 bits per heavy atom. The van der Waals surface area contributed by atoms with E-state index in [-0.39, 0.29) is 0 Å². The van der Waals surface area contributed by atoms with Crippen molar-refractivity contribution < 1.29 is 0 Å². The van der Waals surface area contributed by atoms with E-state index in [4.69, 9.17) is 9.97 Å². The minimum absolute atomic E-state index is 0.665. The Hall–Kier alpha value is -6.62. The Kier molecular flexibility index (Phi) is 6.49. The monoisotopic (exact) mass is 693 g/mol. The zero-order valence-corrected chi connectivity index (χ0v) is 29.8. The number of aromatic nitrogens is 3. The summed E-state index contributed by atoms with van der Waals surface area (Å²) in [6.07, 6.45) is 6.07. The smallest absolute Gasteiger partial charge is 0.235 e. The van der Waals surface area contributed by atoms with Crippen molar-refractivity contribution >= 4 is 103 Å². The molecule has 0 spiro atoms. The van der Waals surface area contributed by atoms with Crippen LogP contribution in [0, 0.1) is 6.92 Å². The summed E-state index contributed by atoms with van der Waals surface area (Å²) >= 11 is 1.84. The van der Waals surface area contributed by atoms with Gasteiger partial charge in [-0.3, -0.25) is 4.57 Å². The molecule has 3 heterocycles. The summed E-state index contributed by atoms with van der Waals surface area (Å²) in [5.74, 6) is 0.665. The van der Waals surface area contributed by atoms with E-state index in [1.54, 1.807) is 0 Å². The summed E-state index contributed by atoms with van der Waals surface area (Å²) < 4.78 is 3.65. The third kappa shape index (κ3) is 4.27. The molecule has 0 saturated heterocycles. The topological polar surface area (TPSA) is 30.7 Å². The van der Waals surface area contributed by atoms with E-state index in [0.29, 0.717) is 5.95 Å². The first-order chi connectivity index (χ1) is 26.2. The van der Waals surface area contributed by atoms with Crippen LogP contribution < -0.4 is 0 Å². The van der Waals surface area contributed by atoms with Crippen molar-refractivity contribution in [3.8, 4) is 17.2 Å². The molecule has 0 saturated carbocycles. The van der Waals surface area contributed by atoms with Gasteiger partial charge in [0.15, 0.2) is 0 Å². The van der Waals surface area contributed by atoms with E-state index in [1.165, 1.54) is 63.6 Å². The molecule has 0 aliphatic rings. The fourth-order valence-electron chi connectivity index (χ4n) is 8.57. The van der Waals surface area contributed by atoms with Gasteiger partial charge in [0.2, 0.25) is 5.95 Å². The second-order valence-electron chi connectivity index (χ2n) is 13.8. The molecule has 11 aromatic rings. The second kappa shape index (κ2) is 11.4. The van der Waals surface area contributed by atoms with Crippen LogP contribution in [0.4, 0.5) is 0 Å². The number of fused-ring (bicyclic) bond motifs is 14. The number of hydrogen-bond donors (Lipinski definition) is 0. The minimum Gasteiger partial charge on any atom is -0.277 e. The minimum atomic E-state index is 0.665. The van der Waals surface area contributed by atoms with Crippen LogP contribution in [-0.4, -0.2) is 14.5 Å². The van der Waals surface area contributed by atoms with Gasteiger partial charge in [-0.1, -0.05) is 152 Å². The van der Waals surface area contributed by atoms with Gasteiger partial charge >= 0.3 is 0 Å². The zero-order valence-electron chi connectivity index (χ0n) is 29.0. The molecule has 248 valence electrons. The third-order valence-electron chi connectivity index (χ3n) is 10.9. The van der Waals surface area contributed by atoms with E-state index < -0.39 is 0 Å². The molecule has 3 nitrogen and oxygen atoms in total. The lowest BCUT2D eigenvalue weighted by Crippen LogP contribution is -2.04. The van der Waals surface area contributed by atoms with Gasteiger partial charge in [-0.2, -0.15) is 0 Å². The molecule has 3 aromatic heterocycles. The normalized spacial score (nSPS) is 12.2. The Bertz CT molecular complexity index is 3370. The standard InChI is InChI=1S/C49H31N3S/c1-3-4-24-41-29(2)42-47-43(36-21-11-12-22-38(36)48(42)53-41)39-27-25-32-16-7-10-20-35(32)46(39)52(47)49-50-44-34-19-9-6-15-31(34)26-28-40(44)45(51-49)37-23-13-17-30-14-5-8-18-33(30)37/h3-28H,1H2,2H3/b24-4-. The fraction of sp³-hybridized carbons (Fsp3) is 0.0204. The van der Waals surface area contributed by atoms with Gasteiger partial charge in [-0.25, -0.2) is 9.97 Å². The van der Waals surface area contributed by atoms with Crippen LogP contribution in [0.3, 0.4) is 0 Å². The van der Waals surface area contributed by atoms with Crippen LogP contribution >= 0.6 is 11.3 Å². The van der Waals surface area contributed by atoms with E-state index in [9.17, 15) is 0 Å². The lowest BCUT2D eigenvalue weighted by molar-refractivity contribution is 1.02. The Morgan fingerprint density at radius 1 is 0.547 bits per heavy atom. The number of aryl methyl sites for hydroxylation is 1. The van der Waals surface area contributed by atoms with Crippen molar-refractivity contribution in [1.82, 2.24) is 14.5 Å². The molecule has 0 atom stereocenters. The molecule has 0 bridgehead atoms. The molecule has 0 fully saturated rings. The number of benzene rings is 8. The summed E-state index contributed by atoms with van der Waals surface area (Å²) in [6.45, 7) is 6.22. The van der Waals surface area contributed by atoms with Crippen LogP contribution in [0.5, 0.6) is 0 Å². The summed E-state index contributed by atoms with van der Waals surface area (Å²) in [4.78, 5) is 12.5. The van der Waals surface area contributed by atoms with Gasteiger partial charge in [-0.05, 0) is 51.6 Å². The van der Waals surface area contributed by atoms with Crippen LogP contribution in [0.25, 0.3) is 109 Å². The molecule has 53 heavy (non-hydrogen) atoms. The van der Waals surface area contributed by atoms with Crippen LogP contribution in [0.15, 0.2) is 158 Å². The number of allylic oxidation sites excluding steroid dienone is 2. The summed E-state index contributed by atoms with van der Waals surface area (Å²) in [5.41, 5.74) is 6.47. The highest BCUT2D eigenvalue weighted by Gasteiger charge is 2.26. The summed E-state index contributed by atoms with van der Waals surface area (Å²) in [6, 6.07) is 50.2. The third-order valence-corrected chi connectivity index (χ3v) is 12.2. The molecular weight excluding hydrogens is 663 g/mol. The molecule has 0 N–H and O–H groups in total. The van der Waals surface area contributed by atoms with Crippen molar-refractivity contribution in [2.45, 2.75) is 6.92 Å². The molecule has 4 heteroatoms. The molecule has 8 aromatic carbocycles. The molecular formula is C49H31N3S. The van der Waals surface area contributed by atoms with Gasteiger partial charge in [0.05, 0.1) is 22.2 Å². The van der Waals surface area contributed by atoms with Crippen molar-refractivity contribution in [2.24, 2.45) is 0 Å². The average Bonchev–Trinajstić information content (AvgIpc) is 3.74. The number of thiophene rings is 1. The molecule has 0 radical (unpaired) electrons. The first-order valence-corrected chi connectivity index (χ1v) is 18.8. The molecule has 0 aliphatic heterocycles. The first kappa shape index (κ1) is 30.0. The van der Waals surface area contributed by atoms with E-state index in [1.807, 2.05) is 23.5 Å². The van der Waals surface area contributed by atoms with Crippen molar-refractivity contribution in [3.05, 3.63) is 169 Å². The second-order valence-corrected chi connectivity index (χ2v) is 14.8. The van der Waals surface area contributed by atoms with E-state index >= 15 is 0 Å². The molecule has 0 aliphatic carbocycles. The average molecular weight is 694 g/mol. The van der Waals surface area contributed by atoms with Gasteiger partial charge in [0, 0.05) is 52.8 Å². The zero-order chi connectivity index (χ0) is 35.2. The fourth-order valence-corrected chi connectivity index (χ4v) is 9.83. The number of hydrogen-bond acceptors (Lipinski definition) is 3. The Morgan fingerprint density at radius 3 is 1.94 bits per heavy atom. The van der Waals surface area contributed by atoms with E-state index in [2.05, 4.69) is 164 Å². The molecule has 0 unspecified atom stereocenters. The van der Waals surface area contributed by atoms with Crippen molar-refractivity contribution in [1.29, 1.82) is 0 Å². The van der Waals surface area contributed by atoms with Gasteiger partial charge < -0.3 is 0 Å². The maximum atomic E-state index is 5.68. The predicted molar refractivity (Wildman–Crippen MR) is 229 cm³/mol. The number of rotatable bonds is 4. The van der Waals surface area contributed by atoms with E-state index in [0.717, 1.165) is 44.0 Å². The van der Waals surface area contributed by atoms with Crippen LogP contribution in [-0.2, 0) is 0 Å². The van der Waals surface area contributed by atoms with Crippen LogP contribution in [0.2, 0.25) is 0 Å².